The first-order chi connectivity index (χ1) is 11.6. The Kier molecular flexibility index (Phi) is 4.62. The van der Waals surface area contributed by atoms with E-state index in [1.165, 1.54) is 0 Å². The van der Waals surface area contributed by atoms with Crippen LogP contribution in [0.5, 0.6) is 0 Å². The number of hydrogen-bond acceptors (Lipinski definition) is 3. The second kappa shape index (κ2) is 6.84. The number of carboxylic acids is 1. The fourth-order valence-corrected chi connectivity index (χ4v) is 2.94. The second-order valence-electron chi connectivity index (χ2n) is 6.05. The Morgan fingerprint density at radius 1 is 1.04 bits per heavy atom. The number of carbonyl (C=O) groups is 2. The third-order valence-electron chi connectivity index (χ3n) is 4.23. The minimum absolute atomic E-state index is 0.138. The number of nitrogens with one attached hydrogen (secondary N) is 1. The van der Waals surface area contributed by atoms with Crippen molar-refractivity contribution >= 4 is 11.9 Å². The lowest BCUT2D eigenvalue weighted by Gasteiger charge is -2.27. The van der Waals surface area contributed by atoms with Crippen molar-refractivity contribution < 1.29 is 19.4 Å². The molecular weight excluding hydrogens is 306 g/mol. The molecule has 0 saturated carbocycles. The van der Waals surface area contributed by atoms with Crippen LogP contribution in [0.2, 0.25) is 0 Å². The molecule has 2 aromatic rings. The van der Waals surface area contributed by atoms with Gasteiger partial charge in [0.1, 0.15) is 0 Å². The Hall–Kier alpha value is -2.66. The van der Waals surface area contributed by atoms with Crippen LogP contribution in [0.3, 0.4) is 0 Å². The Balaban J connectivity index is 1.74. The van der Waals surface area contributed by atoms with Crippen LogP contribution in [0.4, 0.5) is 0 Å². The largest absolute Gasteiger partial charge is 0.481 e. The maximum Gasteiger partial charge on any atom is 0.305 e. The lowest BCUT2D eigenvalue weighted by molar-refractivity contribution is -0.138. The number of amides is 1. The molecule has 1 fully saturated rings. The van der Waals surface area contributed by atoms with Gasteiger partial charge in [-0.15, -0.1) is 0 Å². The number of hydrogen-bond donors (Lipinski definition) is 2. The third-order valence-corrected chi connectivity index (χ3v) is 4.23. The molecule has 2 N–H and O–H groups in total. The molecule has 1 aliphatic heterocycles. The summed E-state index contributed by atoms with van der Waals surface area (Å²) in [6.45, 7) is 0.688. The van der Waals surface area contributed by atoms with Gasteiger partial charge in [0.15, 0.2) is 0 Å². The normalized spacial score (nSPS) is 19.8. The smallest absolute Gasteiger partial charge is 0.305 e. The molecule has 3 rings (SSSR count). The average Bonchev–Trinajstić information content (AvgIpc) is 3.03. The average molecular weight is 325 g/mol. The van der Waals surface area contributed by atoms with Crippen molar-refractivity contribution in [3.63, 3.8) is 0 Å². The van der Waals surface area contributed by atoms with Crippen molar-refractivity contribution in [1.82, 2.24) is 5.32 Å². The lowest BCUT2D eigenvalue weighted by Crippen LogP contribution is -2.50. The fraction of sp³-hybridized carbons (Fsp3) is 0.263. The molecule has 0 bridgehead atoms. The molecule has 5 nitrogen and oxygen atoms in total. The van der Waals surface area contributed by atoms with Crippen LogP contribution in [-0.4, -0.2) is 35.7 Å². The van der Waals surface area contributed by atoms with Crippen LogP contribution in [0.1, 0.15) is 23.2 Å². The van der Waals surface area contributed by atoms with Gasteiger partial charge in [0.2, 0.25) is 0 Å². The zero-order chi connectivity index (χ0) is 17.0. The molecule has 1 unspecified atom stereocenters. The second-order valence-corrected chi connectivity index (χ2v) is 6.05. The Morgan fingerprint density at radius 3 is 2.29 bits per heavy atom. The minimum atomic E-state index is -0.944. The summed E-state index contributed by atoms with van der Waals surface area (Å²) in [4.78, 5) is 23.5. The van der Waals surface area contributed by atoms with Crippen molar-refractivity contribution in [1.29, 1.82) is 0 Å². The summed E-state index contributed by atoms with van der Waals surface area (Å²) in [6, 6.07) is 17.2. The van der Waals surface area contributed by atoms with Crippen LogP contribution in [0, 0.1) is 0 Å². The fourth-order valence-electron chi connectivity index (χ4n) is 2.94. The predicted molar refractivity (Wildman–Crippen MR) is 89.8 cm³/mol. The van der Waals surface area contributed by atoms with Gasteiger partial charge in [0, 0.05) is 12.2 Å². The van der Waals surface area contributed by atoms with Crippen LogP contribution in [0.15, 0.2) is 54.6 Å². The van der Waals surface area contributed by atoms with Gasteiger partial charge in [-0.25, -0.2) is 0 Å². The van der Waals surface area contributed by atoms with Gasteiger partial charge in [-0.2, -0.15) is 0 Å². The standard InChI is InChI=1S/C19H19NO4/c21-17(22)12-19(10-11-24-13-19)20-18(23)16-8-6-15(7-9-16)14-4-2-1-3-5-14/h1-9H,10-13H2,(H,20,23)(H,21,22). The Morgan fingerprint density at radius 2 is 1.71 bits per heavy atom. The molecule has 0 spiro atoms. The highest BCUT2D eigenvalue weighted by atomic mass is 16.5. The zero-order valence-corrected chi connectivity index (χ0v) is 13.2. The predicted octanol–water partition coefficient (Wildman–Crippen LogP) is 2.72. The van der Waals surface area contributed by atoms with Crippen molar-refractivity contribution in [2.24, 2.45) is 0 Å². The quantitative estimate of drug-likeness (QED) is 0.886. The first kappa shape index (κ1) is 16.2. The molecule has 1 aliphatic rings. The zero-order valence-electron chi connectivity index (χ0n) is 13.2. The van der Waals surface area contributed by atoms with Crippen molar-refractivity contribution in [3.05, 3.63) is 60.2 Å². The van der Waals surface area contributed by atoms with Crippen LogP contribution < -0.4 is 5.32 Å². The summed E-state index contributed by atoms with van der Waals surface area (Å²) in [5, 5.41) is 11.9. The van der Waals surface area contributed by atoms with E-state index in [4.69, 9.17) is 9.84 Å². The molecule has 24 heavy (non-hydrogen) atoms. The van der Waals surface area contributed by atoms with Crippen LogP contribution in [-0.2, 0) is 9.53 Å². The Labute approximate surface area is 140 Å². The maximum absolute atomic E-state index is 12.5. The molecule has 124 valence electrons. The molecule has 0 aliphatic carbocycles. The topological polar surface area (TPSA) is 75.6 Å². The van der Waals surface area contributed by atoms with Crippen LogP contribution >= 0.6 is 0 Å². The number of rotatable bonds is 5. The number of carboxylic acid groups (broad SMARTS) is 1. The minimum Gasteiger partial charge on any atom is -0.481 e. The number of ether oxygens (including phenoxy) is 1. The van der Waals surface area contributed by atoms with E-state index in [1.54, 1.807) is 12.1 Å². The van der Waals surface area contributed by atoms with E-state index in [2.05, 4.69) is 5.32 Å². The molecule has 2 aromatic carbocycles. The SMILES string of the molecule is O=C(O)CC1(NC(=O)c2ccc(-c3ccccc3)cc2)CCOC1. The number of benzene rings is 2. The van der Waals surface area contributed by atoms with Gasteiger partial charge in [0.25, 0.3) is 5.91 Å². The molecule has 0 radical (unpaired) electrons. The van der Waals surface area contributed by atoms with E-state index in [1.807, 2.05) is 42.5 Å². The molecule has 0 aromatic heterocycles. The number of aliphatic carboxylic acids is 1. The highest BCUT2D eigenvalue weighted by Crippen LogP contribution is 2.24. The first-order valence-corrected chi connectivity index (χ1v) is 7.86. The van der Waals surface area contributed by atoms with Gasteiger partial charge < -0.3 is 15.2 Å². The summed E-state index contributed by atoms with van der Waals surface area (Å²) in [5.74, 6) is -1.22. The van der Waals surface area contributed by atoms with E-state index in [0.717, 1.165) is 11.1 Å². The number of carbonyl (C=O) groups excluding carboxylic acids is 1. The summed E-state index contributed by atoms with van der Waals surface area (Å²) >= 11 is 0. The van der Waals surface area contributed by atoms with Gasteiger partial charge >= 0.3 is 5.97 Å². The van der Waals surface area contributed by atoms with E-state index in [-0.39, 0.29) is 18.9 Å². The van der Waals surface area contributed by atoms with Gasteiger partial charge in [0.05, 0.1) is 18.6 Å². The van der Waals surface area contributed by atoms with Crippen LogP contribution in [0.25, 0.3) is 11.1 Å². The van der Waals surface area contributed by atoms with Crippen molar-refractivity contribution in [2.75, 3.05) is 13.2 Å². The molecule has 1 heterocycles. The highest BCUT2D eigenvalue weighted by Gasteiger charge is 2.38. The van der Waals surface area contributed by atoms with E-state index >= 15 is 0 Å². The molecule has 1 atom stereocenters. The van der Waals surface area contributed by atoms with Crippen molar-refractivity contribution in [2.45, 2.75) is 18.4 Å². The molecule has 5 heteroatoms. The summed E-state index contributed by atoms with van der Waals surface area (Å²) in [7, 11) is 0. The monoisotopic (exact) mass is 325 g/mol. The third kappa shape index (κ3) is 3.63. The van der Waals surface area contributed by atoms with Crippen molar-refractivity contribution in [3.8, 4) is 11.1 Å². The Bertz CT molecular complexity index is 719. The van der Waals surface area contributed by atoms with Gasteiger partial charge in [-0.3, -0.25) is 9.59 Å². The van der Waals surface area contributed by atoms with E-state index in [0.29, 0.717) is 18.6 Å². The van der Waals surface area contributed by atoms with Gasteiger partial charge in [-0.1, -0.05) is 42.5 Å². The highest BCUT2D eigenvalue weighted by molar-refractivity contribution is 5.95. The lowest BCUT2D eigenvalue weighted by atomic mass is 9.93. The first-order valence-electron chi connectivity index (χ1n) is 7.86. The molecular formula is C19H19NO4. The maximum atomic E-state index is 12.5. The van der Waals surface area contributed by atoms with Gasteiger partial charge in [-0.05, 0) is 29.7 Å². The summed E-state index contributed by atoms with van der Waals surface area (Å²) < 4.78 is 5.30. The summed E-state index contributed by atoms with van der Waals surface area (Å²) in [5.41, 5.74) is 1.79. The molecule has 1 amide bonds. The molecule has 1 saturated heterocycles. The van der Waals surface area contributed by atoms with E-state index in [9.17, 15) is 9.59 Å². The van der Waals surface area contributed by atoms with E-state index < -0.39 is 11.5 Å². The summed E-state index contributed by atoms with van der Waals surface area (Å²) in [6.07, 6.45) is 0.369.